The number of nitrogens with one attached hydrogen (secondary N) is 1. The number of benzene rings is 2. The Bertz CT molecular complexity index is 617. The molecule has 0 aromatic heterocycles. The molecule has 0 aliphatic rings. The summed E-state index contributed by atoms with van der Waals surface area (Å²) >= 11 is 5.96. The van der Waals surface area contributed by atoms with Crippen LogP contribution >= 0.6 is 24.0 Å². The van der Waals surface area contributed by atoms with E-state index in [-0.39, 0.29) is 36.9 Å². The van der Waals surface area contributed by atoms with Gasteiger partial charge in [-0.2, -0.15) is 0 Å². The van der Waals surface area contributed by atoms with Crippen LogP contribution in [0.15, 0.2) is 54.6 Å². The number of ether oxygens (including phenoxy) is 1. The number of nitrogens with two attached hydrogens (primary N) is 1. The lowest BCUT2D eigenvalue weighted by atomic mass is 9.98. The molecule has 2 rings (SSSR count). The third-order valence-electron chi connectivity index (χ3n) is 3.65. The van der Waals surface area contributed by atoms with Gasteiger partial charge in [-0.3, -0.25) is 4.79 Å². The van der Waals surface area contributed by atoms with Crippen molar-refractivity contribution in [3.8, 4) is 0 Å². The lowest BCUT2D eigenvalue weighted by Crippen LogP contribution is -2.34. The number of rotatable bonds is 7. The summed E-state index contributed by atoms with van der Waals surface area (Å²) in [6.45, 7) is 0.306. The first-order valence-corrected chi connectivity index (χ1v) is 7.84. The molecule has 0 saturated carbocycles. The maximum Gasteiger partial charge on any atom is 0.223 e. The third-order valence-corrected chi connectivity index (χ3v) is 3.90. The predicted octanol–water partition coefficient (Wildman–Crippen LogP) is 3.33. The summed E-state index contributed by atoms with van der Waals surface area (Å²) in [4.78, 5) is 12.3. The van der Waals surface area contributed by atoms with E-state index in [1.165, 1.54) is 0 Å². The van der Waals surface area contributed by atoms with Gasteiger partial charge in [-0.25, -0.2) is 0 Å². The highest BCUT2D eigenvalue weighted by Gasteiger charge is 2.19. The molecule has 24 heavy (non-hydrogen) atoms. The zero-order valence-corrected chi connectivity index (χ0v) is 15.0. The molecule has 2 atom stereocenters. The van der Waals surface area contributed by atoms with Crippen LogP contribution in [0.4, 0.5) is 0 Å². The van der Waals surface area contributed by atoms with Crippen molar-refractivity contribution in [1.82, 2.24) is 5.32 Å². The molecule has 130 valence electrons. The first kappa shape index (κ1) is 20.5. The highest BCUT2D eigenvalue weighted by Crippen LogP contribution is 2.23. The minimum Gasteiger partial charge on any atom is -0.380 e. The first-order chi connectivity index (χ1) is 11.1. The summed E-state index contributed by atoms with van der Waals surface area (Å²) in [5.41, 5.74) is 7.55. The van der Waals surface area contributed by atoms with E-state index in [1.807, 2.05) is 54.6 Å². The van der Waals surface area contributed by atoms with E-state index in [0.717, 1.165) is 11.1 Å². The zero-order valence-electron chi connectivity index (χ0n) is 13.4. The van der Waals surface area contributed by atoms with Crippen LogP contribution in [0, 0.1) is 0 Å². The Labute approximate surface area is 153 Å². The molecule has 2 aromatic carbocycles. The van der Waals surface area contributed by atoms with Gasteiger partial charge in [0.1, 0.15) is 0 Å². The Morgan fingerprint density at radius 3 is 2.25 bits per heavy atom. The topological polar surface area (TPSA) is 64.3 Å². The van der Waals surface area contributed by atoms with Crippen LogP contribution in [0.2, 0.25) is 5.02 Å². The molecule has 0 bridgehead atoms. The number of carbonyl (C=O) groups is 1. The molecule has 0 spiro atoms. The third kappa shape index (κ3) is 5.80. The average Bonchev–Trinajstić information content (AvgIpc) is 2.59. The summed E-state index contributed by atoms with van der Waals surface area (Å²) in [5.74, 6) is -0.105. The number of hydrogen-bond acceptors (Lipinski definition) is 3. The van der Waals surface area contributed by atoms with Crippen LogP contribution in [0.1, 0.15) is 23.6 Å². The van der Waals surface area contributed by atoms with Gasteiger partial charge in [0.15, 0.2) is 0 Å². The number of hydrogen-bond donors (Lipinski definition) is 2. The SMILES string of the molecule is COC(CN)CC(=O)NC(c1ccccc1)c1ccc(Cl)cc1.Cl. The fraction of sp³-hybridized carbons (Fsp3) is 0.278. The highest BCUT2D eigenvalue weighted by molar-refractivity contribution is 6.30. The molecule has 4 nitrogen and oxygen atoms in total. The van der Waals surface area contributed by atoms with Crippen LogP contribution in [0.3, 0.4) is 0 Å². The van der Waals surface area contributed by atoms with Crippen molar-refractivity contribution in [2.24, 2.45) is 5.73 Å². The van der Waals surface area contributed by atoms with Gasteiger partial charge in [0.2, 0.25) is 5.91 Å². The Morgan fingerprint density at radius 1 is 1.12 bits per heavy atom. The van der Waals surface area contributed by atoms with Crippen LogP contribution in [-0.2, 0) is 9.53 Å². The van der Waals surface area contributed by atoms with Gasteiger partial charge < -0.3 is 15.8 Å². The number of halogens is 2. The van der Waals surface area contributed by atoms with Gasteiger partial charge >= 0.3 is 0 Å². The lowest BCUT2D eigenvalue weighted by molar-refractivity contribution is -0.123. The van der Waals surface area contributed by atoms with Gasteiger partial charge in [0.25, 0.3) is 0 Å². The second-order valence-corrected chi connectivity index (χ2v) is 5.70. The van der Waals surface area contributed by atoms with Gasteiger partial charge in [-0.1, -0.05) is 54.1 Å². The predicted molar refractivity (Wildman–Crippen MR) is 99.6 cm³/mol. The van der Waals surface area contributed by atoms with Crippen LogP contribution < -0.4 is 11.1 Å². The molecule has 0 radical (unpaired) electrons. The second kappa shape index (κ2) is 10.3. The van der Waals surface area contributed by atoms with Crippen LogP contribution in [-0.4, -0.2) is 25.7 Å². The molecule has 0 saturated heterocycles. The molecule has 0 aliphatic carbocycles. The average molecular weight is 369 g/mol. The monoisotopic (exact) mass is 368 g/mol. The summed E-state index contributed by atoms with van der Waals surface area (Å²) < 4.78 is 5.18. The van der Waals surface area contributed by atoms with E-state index in [0.29, 0.717) is 11.6 Å². The fourth-order valence-electron chi connectivity index (χ4n) is 2.35. The van der Waals surface area contributed by atoms with E-state index in [1.54, 1.807) is 7.11 Å². The normalized spacial score (nSPS) is 12.8. The van der Waals surface area contributed by atoms with Gasteiger partial charge in [0, 0.05) is 18.7 Å². The van der Waals surface area contributed by atoms with Crippen molar-refractivity contribution in [1.29, 1.82) is 0 Å². The minimum absolute atomic E-state index is 0. The van der Waals surface area contributed by atoms with Crippen molar-refractivity contribution < 1.29 is 9.53 Å². The molecule has 6 heteroatoms. The van der Waals surface area contributed by atoms with E-state index in [4.69, 9.17) is 22.1 Å². The lowest BCUT2D eigenvalue weighted by Gasteiger charge is -2.21. The van der Waals surface area contributed by atoms with Crippen LogP contribution in [0.25, 0.3) is 0 Å². The van der Waals surface area contributed by atoms with E-state index >= 15 is 0 Å². The maximum atomic E-state index is 12.3. The summed E-state index contributed by atoms with van der Waals surface area (Å²) in [5, 5.41) is 3.71. The first-order valence-electron chi connectivity index (χ1n) is 7.46. The minimum atomic E-state index is -0.281. The summed E-state index contributed by atoms with van der Waals surface area (Å²) in [6, 6.07) is 17.0. The Kier molecular flexibility index (Phi) is 8.79. The number of carbonyl (C=O) groups excluding carboxylic acids is 1. The molecule has 0 fully saturated rings. The Hall–Kier alpha value is -1.59. The van der Waals surface area contributed by atoms with Gasteiger partial charge in [-0.15, -0.1) is 12.4 Å². The number of methoxy groups -OCH3 is 1. The molecule has 3 N–H and O–H groups in total. The van der Waals surface area contributed by atoms with E-state index in [2.05, 4.69) is 5.32 Å². The number of amides is 1. The molecule has 0 heterocycles. The molecular formula is C18H22Cl2N2O2. The fourth-order valence-corrected chi connectivity index (χ4v) is 2.48. The molecule has 0 aliphatic heterocycles. The standard InChI is InChI=1S/C18H21ClN2O2.ClH/c1-23-16(12-20)11-17(22)21-18(13-5-3-2-4-6-13)14-7-9-15(19)10-8-14;/h2-10,16,18H,11-12,20H2,1H3,(H,21,22);1H. The van der Waals surface area contributed by atoms with Crippen molar-refractivity contribution in [3.63, 3.8) is 0 Å². The summed E-state index contributed by atoms with van der Waals surface area (Å²) in [6.07, 6.45) is -0.0548. The van der Waals surface area contributed by atoms with Crippen molar-refractivity contribution in [2.75, 3.05) is 13.7 Å². The Balaban J connectivity index is 0.00000288. The molecular weight excluding hydrogens is 347 g/mol. The molecule has 2 unspecified atom stereocenters. The molecule has 1 amide bonds. The smallest absolute Gasteiger partial charge is 0.223 e. The highest BCUT2D eigenvalue weighted by atomic mass is 35.5. The molecule has 2 aromatic rings. The van der Waals surface area contributed by atoms with Gasteiger partial charge in [-0.05, 0) is 23.3 Å². The Morgan fingerprint density at radius 2 is 1.71 bits per heavy atom. The largest absolute Gasteiger partial charge is 0.380 e. The zero-order chi connectivity index (χ0) is 16.7. The maximum absolute atomic E-state index is 12.3. The van der Waals surface area contributed by atoms with Crippen LogP contribution in [0.5, 0.6) is 0 Å². The quantitative estimate of drug-likeness (QED) is 0.787. The van der Waals surface area contributed by atoms with Crippen molar-refractivity contribution in [3.05, 3.63) is 70.7 Å². The second-order valence-electron chi connectivity index (χ2n) is 5.26. The van der Waals surface area contributed by atoms with Gasteiger partial charge in [0.05, 0.1) is 18.6 Å². The van der Waals surface area contributed by atoms with E-state index < -0.39 is 0 Å². The van der Waals surface area contributed by atoms with Crippen molar-refractivity contribution in [2.45, 2.75) is 18.6 Å². The van der Waals surface area contributed by atoms with E-state index in [9.17, 15) is 4.79 Å². The van der Waals surface area contributed by atoms with Crippen molar-refractivity contribution >= 4 is 29.9 Å². The summed E-state index contributed by atoms with van der Waals surface area (Å²) in [7, 11) is 1.55.